The fourth-order valence-corrected chi connectivity index (χ4v) is 3.35. The van der Waals surface area contributed by atoms with Crippen molar-refractivity contribution in [3.63, 3.8) is 0 Å². The van der Waals surface area contributed by atoms with Crippen molar-refractivity contribution in [3.8, 4) is 0 Å². The average Bonchev–Trinajstić information content (AvgIpc) is 2.92. The van der Waals surface area contributed by atoms with Gasteiger partial charge in [0.1, 0.15) is 0 Å². The van der Waals surface area contributed by atoms with E-state index in [1.165, 1.54) is 33.8 Å². The number of hydrogen-bond donors (Lipinski definition) is 2. The molecule has 0 atom stereocenters. The molecular weight excluding hydrogens is 338 g/mol. The van der Waals surface area contributed by atoms with Crippen molar-refractivity contribution < 1.29 is 10.0 Å². The molecule has 2 aromatic carbocycles. The van der Waals surface area contributed by atoms with Gasteiger partial charge in [-0.05, 0) is 49.9 Å². The van der Waals surface area contributed by atoms with Gasteiger partial charge in [-0.2, -0.15) is 0 Å². The quantitative estimate of drug-likeness (QED) is 0.400. The molecule has 0 saturated heterocycles. The van der Waals surface area contributed by atoms with Gasteiger partial charge >= 0.3 is 0 Å². The van der Waals surface area contributed by atoms with Crippen LogP contribution in [0.3, 0.4) is 0 Å². The maximum atomic E-state index is 11.1. The first-order chi connectivity index (χ1) is 13.0. The minimum atomic E-state index is -0.540. The van der Waals surface area contributed by atoms with Gasteiger partial charge in [-0.1, -0.05) is 42.5 Å². The Kier molecular flexibility index (Phi) is 5.74. The van der Waals surface area contributed by atoms with E-state index >= 15 is 0 Å². The fraction of sp³-hybridized carbons (Fsp3) is 0.227. The normalized spacial score (nSPS) is 11.6. The van der Waals surface area contributed by atoms with Crippen LogP contribution in [0.1, 0.15) is 22.4 Å². The number of hydroxylamine groups is 1. The molecule has 3 rings (SSSR count). The van der Waals surface area contributed by atoms with Crippen LogP contribution in [0.4, 0.5) is 0 Å². The summed E-state index contributed by atoms with van der Waals surface area (Å²) in [6, 6.07) is 16.6. The van der Waals surface area contributed by atoms with Crippen molar-refractivity contribution in [3.05, 3.63) is 77.0 Å². The maximum Gasteiger partial charge on any atom is 0.267 e. The summed E-state index contributed by atoms with van der Waals surface area (Å²) >= 11 is 0. The summed E-state index contributed by atoms with van der Waals surface area (Å²) in [5.74, 6) is -0.540. The van der Waals surface area contributed by atoms with E-state index in [2.05, 4.69) is 66.9 Å². The lowest BCUT2D eigenvalue weighted by atomic mass is 10.1. The van der Waals surface area contributed by atoms with Crippen LogP contribution >= 0.6 is 0 Å². The first-order valence-corrected chi connectivity index (χ1v) is 8.92. The number of aromatic nitrogens is 1. The molecule has 3 aromatic rings. The van der Waals surface area contributed by atoms with E-state index in [4.69, 9.17) is 5.21 Å². The third-order valence-electron chi connectivity index (χ3n) is 4.69. The van der Waals surface area contributed by atoms with Crippen LogP contribution in [0.2, 0.25) is 0 Å². The lowest BCUT2D eigenvalue weighted by molar-refractivity contribution is -0.124. The van der Waals surface area contributed by atoms with Crippen LogP contribution in [0.15, 0.2) is 54.6 Å². The lowest BCUT2D eigenvalue weighted by Crippen LogP contribution is -2.14. The van der Waals surface area contributed by atoms with E-state index in [0.717, 1.165) is 18.7 Å². The average molecular weight is 363 g/mol. The second kappa shape index (κ2) is 8.20. The Morgan fingerprint density at radius 3 is 2.52 bits per heavy atom. The SMILES string of the molecule is Cc1c(CN(C)C)c2ccccc2n1Cc1ccc(C=CC(=O)NO)cc1. The van der Waals surface area contributed by atoms with Crippen LogP contribution in [0.25, 0.3) is 17.0 Å². The maximum absolute atomic E-state index is 11.1. The molecule has 0 saturated carbocycles. The van der Waals surface area contributed by atoms with Crippen molar-refractivity contribution in [1.82, 2.24) is 14.9 Å². The van der Waals surface area contributed by atoms with Crippen LogP contribution in [-0.4, -0.2) is 34.7 Å². The fourth-order valence-electron chi connectivity index (χ4n) is 3.35. The number of fused-ring (bicyclic) bond motifs is 1. The highest BCUT2D eigenvalue weighted by atomic mass is 16.5. The van der Waals surface area contributed by atoms with Gasteiger partial charge in [0.15, 0.2) is 0 Å². The van der Waals surface area contributed by atoms with Crippen LogP contribution in [0, 0.1) is 6.92 Å². The van der Waals surface area contributed by atoms with E-state index in [-0.39, 0.29) is 0 Å². The molecule has 140 valence electrons. The molecule has 0 spiro atoms. The highest BCUT2D eigenvalue weighted by Gasteiger charge is 2.14. The summed E-state index contributed by atoms with van der Waals surface area (Å²) in [5.41, 5.74) is 7.58. The Bertz CT molecular complexity index is 969. The van der Waals surface area contributed by atoms with Gasteiger partial charge < -0.3 is 9.47 Å². The van der Waals surface area contributed by atoms with Crippen molar-refractivity contribution in [2.75, 3.05) is 14.1 Å². The molecule has 27 heavy (non-hydrogen) atoms. The number of hydrogen-bond acceptors (Lipinski definition) is 3. The van der Waals surface area contributed by atoms with Crippen LogP contribution in [0.5, 0.6) is 0 Å². The molecule has 0 bridgehead atoms. The topological polar surface area (TPSA) is 57.5 Å². The predicted molar refractivity (Wildman–Crippen MR) is 109 cm³/mol. The number of nitrogens with zero attached hydrogens (tertiary/aromatic N) is 2. The minimum Gasteiger partial charge on any atom is -0.340 e. The lowest BCUT2D eigenvalue weighted by Gasteiger charge is -2.12. The third kappa shape index (κ3) is 4.27. The summed E-state index contributed by atoms with van der Waals surface area (Å²) < 4.78 is 2.36. The molecule has 1 amide bonds. The highest BCUT2D eigenvalue weighted by Crippen LogP contribution is 2.27. The van der Waals surface area contributed by atoms with Gasteiger partial charge in [-0.3, -0.25) is 10.0 Å². The number of nitrogens with one attached hydrogen (secondary N) is 1. The molecule has 2 N–H and O–H groups in total. The first-order valence-electron chi connectivity index (χ1n) is 8.92. The molecule has 1 aromatic heterocycles. The number of carbonyl (C=O) groups excluding carboxylic acids is 1. The van der Waals surface area contributed by atoms with Crippen molar-refractivity contribution in [1.29, 1.82) is 0 Å². The summed E-state index contributed by atoms with van der Waals surface area (Å²) in [7, 11) is 4.18. The minimum absolute atomic E-state index is 0.540. The number of amides is 1. The molecule has 0 radical (unpaired) electrons. The van der Waals surface area contributed by atoms with Crippen molar-refractivity contribution in [2.24, 2.45) is 0 Å². The van der Waals surface area contributed by atoms with E-state index in [1.807, 2.05) is 12.1 Å². The second-order valence-electron chi connectivity index (χ2n) is 6.96. The Morgan fingerprint density at radius 2 is 1.85 bits per heavy atom. The molecule has 0 aliphatic carbocycles. The van der Waals surface area contributed by atoms with E-state index in [0.29, 0.717) is 0 Å². The number of para-hydroxylation sites is 1. The Labute approximate surface area is 159 Å². The summed E-state index contributed by atoms with van der Waals surface area (Å²) in [6.07, 6.45) is 2.97. The molecule has 0 aliphatic heterocycles. The Balaban J connectivity index is 1.89. The molecule has 5 heteroatoms. The zero-order valence-corrected chi connectivity index (χ0v) is 15.9. The Hall–Kier alpha value is -2.89. The van der Waals surface area contributed by atoms with Crippen LogP contribution in [-0.2, 0) is 17.9 Å². The van der Waals surface area contributed by atoms with Crippen LogP contribution < -0.4 is 5.48 Å². The molecular formula is C22H25N3O2. The molecule has 0 fully saturated rings. The van der Waals surface area contributed by atoms with Crippen molar-refractivity contribution in [2.45, 2.75) is 20.0 Å². The van der Waals surface area contributed by atoms with Gasteiger partial charge in [0.05, 0.1) is 0 Å². The molecule has 0 unspecified atom stereocenters. The predicted octanol–water partition coefficient (Wildman–Crippen LogP) is 3.58. The number of benzene rings is 2. The highest BCUT2D eigenvalue weighted by molar-refractivity contribution is 5.90. The van der Waals surface area contributed by atoms with Gasteiger partial charge in [0.25, 0.3) is 5.91 Å². The van der Waals surface area contributed by atoms with Gasteiger partial charge in [0.2, 0.25) is 0 Å². The number of rotatable bonds is 6. The van der Waals surface area contributed by atoms with Crippen molar-refractivity contribution >= 4 is 22.9 Å². The van der Waals surface area contributed by atoms with E-state index in [9.17, 15) is 4.79 Å². The van der Waals surface area contributed by atoms with Gasteiger partial charge in [0, 0.05) is 35.8 Å². The van der Waals surface area contributed by atoms with Gasteiger partial charge in [-0.15, -0.1) is 0 Å². The molecule has 1 heterocycles. The summed E-state index contributed by atoms with van der Waals surface area (Å²) in [4.78, 5) is 13.3. The Morgan fingerprint density at radius 1 is 1.15 bits per heavy atom. The second-order valence-corrected chi connectivity index (χ2v) is 6.96. The molecule has 0 aliphatic rings. The summed E-state index contributed by atoms with van der Waals surface area (Å²) in [6.45, 7) is 3.89. The zero-order chi connectivity index (χ0) is 19.4. The molecule has 5 nitrogen and oxygen atoms in total. The monoisotopic (exact) mass is 363 g/mol. The smallest absolute Gasteiger partial charge is 0.267 e. The van der Waals surface area contributed by atoms with E-state index in [1.54, 1.807) is 11.6 Å². The first kappa shape index (κ1) is 18.9. The third-order valence-corrected chi connectivity index (χ3v) is 4.69. The number of carbonyl (C=O) groups is 1. The standard InChI is InChI=1S/C22H25N3O2/c1-16-20(15-24(2)3)19-6-4-5-7-21(19)25(16)14-18-10-8-17(9-11-18)12-13-22(26)23-27/h4-13,27H,14-15H2,1-3H3,(H,23,26). The van der Waals surface area contributed by atoms with Gasteiger partial charge in [-0.25, -0.2) is 5.48 Å². The summed E-state index contributed by atoms with van der Waals surface area (Å²) in [5, 5.41) is 9.84. The zero-order valence-electron chi connectivity index (χ0n) is 15.9. The van der Waals surface area contributed by atoms with E-state index < -0.39 is 5.91 Å². The largest absolute Gasteiger partial charge is 0.340 e.